The number of nitrogens with two attached hydrogens (primary N) is 1. The van der Waals surface area contributed by atoms with Gasteiger partial charge in [-0.1, -0.05) is 42.1 Å². The minimum absolute atomic E-state index is 0.0733. The van der Waals surface area contributed by atoms with E-state index in [1.54, 1.807) is 47.8 Å². The van der Waals surface area contributed by atoms with E-state index in [1.807, 2.05) is 0 Å². The Hall–Kier alpha value is -2.71. The van der Waals surface area contributed by atoms with E-state index in [0.29, 0.717) is 22.7 Å². The average molecular weight is 401 g/mol. The second-order valence-corrected chi connectivity index (χ2v) is 7.70. The zero-order valence-corrected chi connectivity index (χ0v) is 15.8. The normalized spacial score (nSPS) is 10.6. The van der Waals surface area contributed by atoms with Crippen molar-refractivity contribution < 1.29 is 14.0 Å². The maximum Gasteiger partial charge on any atom is 0.250 e. The van der Waals surface area contributed by atoms with Crippen molar-refractivity contribution in [1.29, 1.82) is 0 Å². The third kappa shape index (κ3) is 5.15. The molecular formula is C19H16FN3O2S2. The van der Waals surface area contributed by atoms with Crippen molar-refractivity contribution in [2.45, 2.75) is 16.5 Å². The second-order valence-electron chi connectivity index (χ2n) is 5.62. The summed E-state index contributed by atoms with van der Waals surface area (Å²) in [5.74, 6) is -0.669. The number of thiazole rings is 1. The average Bonchev–Trinajstić information content (AvgIpc) is 3.08. The number of benzene rings is 2. The molecule has 5 nitrogen and oxygen atoms in total. The first kappa shape index (κ1) is 19.1. The molecule has 3 N–H and O–H groups in total. The number of amides is 2. The molecule has 2 aromatic carbocycles. The van der Waals surface area contributed by atoms with Gasteiger partial charge in [0.2, 0.25) is 5.91 Å². The van der Waals surface area contributed by atoms with Crippen molar-refractivity contribution in [2.75, 3.05) is 5.32 Å². The van der Waals surface area contributed by atoms with Crippen molar-refractivity contribution in [3.05, 3.63) is 76.5 Å². The monoisotopic (exact) mass is 401 g/mol. The second kappa shape index (κ2) is 8.79. The van der Waals surface area contributed by atoms with Gasteiger partial charge in [0.25, 0.3) is 5.91 Å². The summed E-state index contributed by atoms with van der Waals surface area (Å²) in [5.41, 5.74) is 7.16. The molecule has 3 aromatic rings. The summed E-state index contributed by atoms with van der Waals surface area (Å²) in [6.07, 6.45) is 0.0733. The fourth-order valence-electron chi connectivity index (χ4n) is 2.36. The Balaban J connectivity index is 1.58. The van der Waals surface area contributed by atoms with Crippen LogP contribution in [0, 0.1) is 5.82 Å². The molecule has 8 heteroatoms. The number of carbonyl (C=O) groups is 2. The molecule has 0 saturated heterocycles. The van der Waals surface area contributed by atoms with Crippen LogP contribution in [0.5, 0.6) is 0 Å². The molecule has 0 fully saturated rings. The van der Waals surface area contributed by atoms with Crippen molar-refractivity contribution in [2.24, 2.45) is 5.73 Å². The van der Waals surface area contributed by atoms with E-state index in [0.717, 1.165) is 4.34 Å². The molecule has 0 aliphatic heterocycles. The topological polar surface area (TPSA) is 85.1 Å². The zero-order valence-electron chi connectivity index (χ0n) is 14.1. The third-order valence-corrected chi connectivity index (χ3v) is 5.77. The Labute approximate surface area is 163 Å². The van der Waals surface area contributed by atoms with Gasteiger partial charge < -0.3 is 11.1 Å². The summed E-state index contributed by atoms with van der Waals surface area (Å²) in [6, 6.07) is 13.2. The maximum absolute atomic E-state index is 13.6. The number of halogens is 1. The highest BCUT2D eigenvalue weighted by Crippen LogP contribution is 2.27. The lowest BCUT2D eigenvalue weighted by Crippen LogP contribution is -2.19. The number of hydrogen-bond acceptors (Lipinski definition) is 5. The number of carbonyl (C=O) groups excluding carboxylic acids is 2. The largest absolute Gasteiger partial charge is 0.366 e. The van der Waals surface area contributed by atoms with Crippen molar-refractivity contribution in [3.8, 4) is 0 Å². The molecule has 0 aliphatic carbocycles. The Morgan fingerprint density at radius 1 is 1.15 bits per heavy atom. The van der Waals surface area contributed by atoms with Crippen LogP contribution in [0.4, 0.5) is 10.1 Å². The summed E-state index contributed by atoms with van der Waals surface area (Å²) >= 11 is 2.83. The highest BCUT2D eigenvalue weighted by Gasteiger charge is 2.13. The van der Waals surface area contributed by atoms with Gasteiger partial charge in [-0.15, -0.1) is 11.3 Å². The predicted octanol–water partition coefficient (Wildman–Crippen LogP) is 3.85. The summed E-state index contributed by atoms with van der Waals surface area (Å²) in [5, 5.41) is 4.48. The molecule has 27 heavy (non-hydrogen) atoms. The molecule has 0 aliphatic rings. The molecule has 1 heterocycles. The number of anilines is 1. The van der Waals surface area contributed by atoms with Crippen LogP contribution < -0.4 is 11.1 Å². The minimum atomic E-state index is -0.605. The van der Waals surface area contributed by atoms with Crippen LogP contribution >= 0.6 is 23.1 Å². The van der Waals surface area contributed by atoms with Gasteiger partial charge in [0.05, 0.1) is 23.4 Å². The fraction of sp³-hybridized carbons (Fsp3) is 0.105. The van der Waals surface area contributed by atoms with Gasteiger partial charge in [-0.05, 0) is 23.8 Å². The molecule has 3 rings (SSSR count). The van der Waals surface area contributed by atoms with Gasteiger partial charge in [-0.2, -0.15) is 0 Å². The Kier molecular flexibility index (Phi) is 6.20. The van der Waals surface area contributed by atoms with Crippen LogP contribution in [0.1, 0.15) is 21.6 Å². The van der Waals surface area contributed by atoms with E-state index in [1.165, 1.54) is 29.2 Å². The highest BCUT2D eigenvalue weighted by atomic mass is 32.2. The lowest BCUT2D eigenvalue weighted by atomic mass is 10.1. The molecule has 0 saturated carbocycles. The van der Waals surface area contributed by atoms with E-state index in [-0.39, 0.29) is 23.7 Å². The minimum Gasteiger partial charge on any atom is -0.366 e. The van der Waals surface area contributed by atoms with Crippen molar-refractivity contribution >= 4 is 40.6 Å². The van der Waals surface area contributed by atoms with Crippen LogP contribution in [-0.2, 0) is 17.0 Å². The van der Waals surface area contributed by atoms with E-state index in [2.05, 4.69) is 10.3 Å². The molecule has 0 atom stereocenters. The van der Waals surface area contributed by atoms with E-state index < -0.39 is 5.91 Å². The summed E-state index contributed by atoms with van der Waals surface area (Å²) in [7, 11) is 0. The predicted molar refractivity (Wildman–Crippen MR) is 105 cm³/mol. The Morgan fingerprint density at radius 3 is 2.67 bits per heavy atom. The fourth-order valence-corrected chi connectivity index (χ4v) is 4.19. The van der Waals surface area contributed by atoms with E-state index in [4.69, 9.17) is 5.73 Å². The van der Waals surface area contributed by atoms with Crippen molar-refractivity contribution in [1.82, 2.24) is 4.98 Å². The lowest BCUT2D eigenvalue weighted by molar-refractivity contribution is -0.115. The zero-order chi connectivity index (χ0) is 19.2. The van der Waals surface area contributed by atoms with Gasteiger partial charge in [-0.3, -0.25) is 9.59 Å². The quantitative estimate of drug-likeness (QED) is 0.589. The van der Waals surface area contributed by atoms with Crippen LogP contribution in [0.3, 0.4) is 0 Å². The number of primary amides is 1. The SMILES string of the molecule is NC(=O)c1ccccc1NC(=O)Cc1csc(SCc2ccccc2F)n1. The number of thioether (sulfide) groups is 1. The molecular weight excluding hydrogens is 385 g/mol. The molecule has 0 unspecified atom stereocenters. The van der Waals surface area contributed by atoms with E-state index >= 15 is 0 Å². The van der Waals surface area contributed by atoms with Gasteiger partial charge in [0.1, 0.15) is 10.2 Å². The number of nitrogens with zero attached hydrogens (tertiary/aromatic N) is 1. The molecule has 0 bridgehead atoms. The number of hydrogen-bond donors (Lipinski definition) is 2. The smallest absolute Gasteiger partial charge is 0.250 e. The third-order valence-electron chi connectivity index (χ3n) is 3.65. The number of para-hydroxylation sites is 1. The van der Waals surface area contributed by atoms with Crippen LogP contribution in [0.25, 0.3) is 0 Å². The van der Waals surface area contributed by atoms with Gasteiger partial charge in [-0.25, -0.2) is 9.37 Å². The van der Waals surface area contributed by atoms with E-state index in [9.17, 15) is 14.0 Å². The summed E-state index contributed by atoms with van der Waals surface area (Å²) in [6.45, 7) is 0. The summed E-state index contributed by atoms with van der Waals surface area (Å²) < 4.78 is 14.4. The van der Waals surface area contributed by atoms with Gasteiger partial charge >= 0.3 is 0 Å². The first-order valence-corrected chi connectivity index (χ1v) is 9.89. The first-order chi connectivity index (χ1) is 13.0. The first-order valence-electron chi connectivity index (χ1n) is 8.02. The molecule has 0 spiro atoms. The standard InChI is InChI=1S/C19H16FN3O2S2/c20-15-7-3-1-5-12(15)10-26-19-22-13(11-27-19)9-17(24)23-16-8-4-2-6-14(16)18(21)25/h1-8,11H,9-10H2,(H2,21,25)(H,23,24). The number of nitrogens with one attached hydrogen (secondary N) is 1. The molecule has 138 valence electrons. The van der Waals surface area contributed by atoms with Crippen LogP contribution in [0.2, 0.25) is 0 Å². The number of rotatable bonds is 7. The van der Waals surface area contributed by atoms with Crippen molar-refractivity contribution in [3.63, 3.8) is 0 Å². The van der Waals surface area contributed by atoms with Gasteiger partial charge in [0.15, 0.2) is 0 Å². The molecule has 2 amide bonds. The molecule has 0 radical (unpaired) electrons. The van der Waals surface area contributed by atoms with Gasteiger partial charge in [0, 0.05) is 11.1 Å². The summed E-state index contributed by atoms with van der Waals surface area (Å²) in [4.78, 5) is 28.0. The molecule has 1 aromatic heterocycles. The number of aromatic nitrogens is 1. The van der Waals surface area contributed by atoms with Crippen LogP contribution in [-0.4, -0.2) is 16.8 Å². The Morgan fingerprint density at radius 2 is 1.89 bits per heavy atom. The lowest BCUT2D eigenvalue weighted by Gasteiger charge is -2.07. The van der Waals surface area contributed by atoms with Crippen LogP contribution in [0.15, 0.2) is 58.3 Å². The highest BCUT2D eigenvalue weighted by molar-refractivity contribution is 8.00. The maximum atomic E-state index is 13.6. The Bertz CT molecular complexity index is 975.